The van der Waals surface area contributed by atoms with Gasteiger partial charge >= 0.3 is 0 Å². The van der Waals surface area contributed by atoms with Crippen LogP contribution in [0.3, 0.4) is 0 Å². The number of likely N-dealkylation sites (tertiary alicyclic amines) is 1. The van der Waals surface area contributed by atoms with Gasteiger partial charge in [-0.15, -0.1) is 0 Å². The van der Waals surface area contributed by atoms with Gasteiger partial charge in [0.25, 0.3) is 0 Å². The lowest BCUT2D eigenvalue weighted by Crippen LogP contribution is -2.37. The number of hydrogen-bond donors (Lipinski definition) is 0. The minimum absolute atomic E-state index is 0.572. The predicted octanol–water partition coefficient (Wildman–Crippen LogP) is 2.23. The minimum Gasteiger partial charge on any atom is -0.381 e. The van der Waals surface area contributed by atoms with Crippen molar-refractivity contribution in [2.45, 2.75) is 38.5 Å². The van der Waals surface area contributed by atoms with E-state index in [-0.39, 0.29) is 0 Å². The van der Waals surface area contributed by atoms with Crippen LogP contribution in [0.2, 0.25) is 0 Å². The molecule has 4 heterocycles. The Morgan fingerprint density at radius 2 is 1.81 bits per heavy atom. The molecule has 26 heavy (non-hydrogen) atoms. The lowest BCUT2D eigenvalue weighted by molar-refractivity contribution is 0.122. The highest BCUT2D eigenvalue weighted by Gasteiger charge is 2.24. The second-order valence-electron chi connectivity index (χ2n) is 7.93. The van der Waals surface area contributed by atoms with Crippen molar-refractivity contribution in [3.8, 4) is 0 Å². The largest absolute Gasteiger partial charge is 0.381 e. The number of piperidine rings is 1. The number of nitrogens with zero attached hydrogens (tertiary/aromatic N) is 4. The normalized spacial score (nSPS) is 25.7. The monoisotopic (exact) mass is 360 g/mol. The van der Waals surface area contributed by atoms with E-state index in [9.17, 15) is 0 Å². The highest BCUT2D eigenvalue weighted by molar-refractivity contribution is 5.41. The van der Waals surface area contributed by atoms with E-state index in [4.69, 9.17) is 14.5 Å². The lowest BCUT2D eigenvalue weighted by atomic mass is 9.92. The van der Waals surface area contributed by atoms with Crippen molar-refractivity contribution in [2.75, 3.05) is 64.1 Å². The second-order valence-corrected chi connectivity index (χ2v) is 7.93. The van der Waals surface area contributed by atoms with Gasteiger partial charge in [-0.2, -0.15) is 0 Å². The average Bonchev–Trinajstić information content (AvgIpc) is 3.21. The molecule has 1 aromatic heterocycles. The fourth-order valence-electron chi connectivity index (χ4n) is 4.37. The third kappa shape index (κ3) is 4.53. The zero-order chi connectivity index (χ0) is 17.8. The van der Waals surface area contributed by atoms with E-state index in [0.29, 0.717) is 5.92 Å². The Bertz CT molecular complexity index is 577. The van der Waals surface area contributed by atoms with Crippen LogP contribution >= 0.6 is 0 Å². The molecule has 3 aliphatic heterocycles. The number of morpholine rings is 1. The van der Waals surface area contributed by atoms with Crippen LogP contribution in [0.5, 0.6) is 0 Å². The molecule has 0 N–H and O–H groups in total. The number of aryl methyl sites for hydroxylation is 1. The first kappa shape index (κ1) is 18.1. The Labute approximate surface area is 156 Å². The molecule has 0 saturated carbocycles. The smallest absolute Gasteiger partial charge is 0.132 e. The Balaban J connectivity index is 1.32. The summed E-state index contributed by atoms with van der Waals surface area (Å²) in [6.07, 6.45) is 4.96. The fourth-order valence-corrected chi connectivity index (χ4v) is 4.37. The van der Waals surface area contributed by atoms with Crippen LogP contribution in [0.15, 0.2) is 6.07 Å². The molecule has 0 amide bonds. The molecule has 3 fully saturated rings. The van der Waals surface area contributed by atoms with Crippen molar-refractivity contribution in [2.24, 2.45) is 5.92 Å². The molecule has 3 saturated heterocycles. The maximum atomic E-state index is 5.50. The van der Waals surface area contributed by atoms with Crippen molar-refractivity contribution < 1.29 is 9.47 Å². The van der Waals surface area contributed by atoms with Gasteiger partial charge in [0.1, 0.15) is 11.6 Å². The molecule has 3 aliphatic rings. The fraction of sp³-hybridized carbons (Fsp3) is 0.800. The third-order valence-corrected chi connectivity index (χ3v) is 6.06. The molecule has 0 aromatic carbocycles. The molecular weight excluding hydrogens is 328 g/mol. The van der Waals surface area contributed by atoms with Crippen molar-refractivity contribution in [3.05, 3.63) is 17.6 Å². The van der Waals surface area contributed by atoms with Gasteiger partial charge in [0, 0.05) is 44.0 Å². The summed E-state index contributed by atoms with van der Waals surface area (Å²) in [7, 11) is 0. The summed E-state index contributed by atoms with van der Waals surface area (Å²) in [5.41, 5.74) is 1.24. The molecule has 4 rings (SSSR count). The van der Waals surface area contributed by atoms with E-state index in [1.165, 1.54) is 51.0 Å². The zero-order valence-electron chi connectivity index (χ0n) is 16.0. The van der Waals surface area contributed by atoms with Crippen molar-refractivity contribution in [1.29, 1.82) is 0 Å². The molecule has 1 aromatic rings. The predicted molar refractivity (Wildman–Crippen MR) is 102 cm³/mol. The average molecular weight is 361 g/mol. The van der Waals surface area contributed by atoms with Gasteiger partial charge < -0.3 is 19.3 Å². The molecule has 0 unspecified atom stereocenters. The molecule has 0 aliphatic carbocycles. The third-order valence-electron chi connectivity index (χ3n) is 6.06. The van der Waals surface area contributed by atoms with Gasteiger partial charge in [-0.25, -0.2) is 9.97 Å². The van der Waals surface area contributed by atoms with Gasteiger partial charge in [-0.3, -0.25) is 0 Å². The summed E-state index contributed by atoms with van der Waals surface area (Å²) in [6, 6.07) is 2.23. The van der Waals surface area contributed by atoms with Crippen molar-refractivity contribution >= 4 is 5.82 Å². The summed E-state index contributed by atoms with van der Waals surface area (Å²) in [5, 5.41) is 0. The number of hydrogen-bond acceptors (Lipinski definition) is 6. The molecule has 0 bridgehead atoms. The topological polar surface area (TPSA) is 50.7 Å². The SMILES string of the molecule is Cc1nc(C2CCN(CC[C@@H]3CCOC3)CC2)cc(N2CCOCC2)n1. The molecule has 6 nitrogen and oxygen atoms in total. The maximum absolute atomic E-state index is 5.50. The highest BCUT2D eigenvalue weighted by Crippen LogP contribution is 2.29. The zero-order valence-corrected chi connectivity index (χ0v) is 16.0. The lowest BCUT2D eigenvalue weighted by Gasteiger charge is -2.33. The van der Waals surface area contributed by atoms with E-state index in [1.807, 2.05) is 6.92 Å². The van der Waals surface area contributed by atoms with Crippen molar-refractivity contribution in [1.82, 2.24) is 14.9 Å². The van der Waals surface area contributed by atoms with Crippen LogP contribution in [-0.4, -0.2) is 74.0 Å². The van der Waals surface area contributed by atoms with Crippen LogP contribution in [0.25, 0.3) is 0 Å². The Hall–Kier alpha value is -1.24. The molecular formula is C20H32N4O2. The van der Waals surface area contributed by atoms with E-state index in [0.717, 1.165) is 57.1 Å². The van der Waals surface area contributed by atoms with Crippen LogP contribution in [0.1, 0.15) is 43.1 Å². The molecule has 0 radical (unpaired) electrons. The highest BCUT2D eigenvalue weighted by atomic mass is 16.5. The quantitative estimate of drug-likeness (QED) is 0.803. The Morgan fingerprint density at radius 1 is 1.00 bits per heavy atom. The summed E-state index contributed by atoms with van der Waals surface area (Å²) in [5.74, 6) is 3.34. The van der Waals surface area contributed by atoms with Crippen LogP contribution in [-0.2, 0) is 9.47 Å². The van der Waals surface area contributed by atoms with Crippen LogP contribution in [0.4, 0.5) is 5.82 Å². The van der Waals surface area contributed by atoms with Crippen LogP contribution < -0.4 is 4.90 Å². The van der Waals surface area contributed by atoms with Gasteiger partial charge in [0.2, 0.25) is 0 Å². The molecule has 1 atom stereocenters. The summed E-state index contributed by atoms with van der Waals surface area (Å²) < 4.78 is 11.0. The summed E-state index contributed by atoms with van der Waals surface area (Å²) in [4.78, 5) is 14.4. The second kappa shape index (κ2) is 8.63. The first-order valence-corrected chi connectivity index (χ1v) is 10.3. The van der Waals surface area contributed by atoms with Crippen LogP contribution in [0, 0.1) is 12.8 Å². The number of aromatic nitrogens is 2. The van der Waals surface area contributed by atoms with E-state index in [2.05, 4.69) is 20.9 Å². The first-order valence-electron chi connectivity index (χ1n) is 10.3. The number of ether oxygens (including phenoxy) is 2. The van der Waals surface area contributed by atoms with Gasteiger partial charge in [-0.05, 0) is 58.2 Å². The van der Waals surface area contributed by atoms with E-state index in [1.54, 1.807) is 0 Å². The van der Waals surface area contributed by atoms with Crippen molar-refractivity contribution in [3.63, 3.8) is 0 Å². The first-order chi connectivity index (χ1) is 12.8. The van der Waals surface area contributed by atoms with Gasteiger partial charge in [0.15, 0.2) is 0 Å². The maximum Gasteiger partial charge on any atom is 0.132 e. The molecule has 6 heteroatoms. The van der Waals surface area contributed by atoms with Gasteiger partial charge in [-0.1, -0.05) is 0 Å². The van der Waals surface area contributed by atoms with Gasteiger partial charge in [0.05, 0.1) is 13.2 Å². The molecule has 144 valence electrons. The van der Waals surface area contributed by atoms with E-state index >= 15 is 0 Å². The Morgan fingerprint density at radius 3 is 2.54 bits per heavy atom. The standard InChI is InChI=1S/C20H32N4O2/c1-16-21-19(14-20(22-16)24-9-12-25-13-10-24)18-3-7-23(8-4-18)6-2-17-5-11-26-15-17/h14,17-18H,2-13,15H2,1H3/t17-/m1/s1. The Kier molecular flexibility index (Phi) is 6.02. The summed E-state index contributed by atoms with van der Waals surface area (Å²) >= 11 is 0. The number of rotatable bonds is 5. The molecule has 0 spiro atoms. The van der Waals surface area contributed by atoms with E-state index < -0.39 is 0 Å². The number of anilines is 1. The summed E-state index contributed by atoms with van der Waals surface area (Å²) in [6.45, 7) is 11.0. The minimum atomic E-state index is 0.572.